The van der Waals surface area contributed by atoms with Gasteiger partial charge in [-0.1, -0.05) is 0 Å². The van der Waals surface area contributed by atoms with Gasteiger partial charge in [-0.05, 0) is 39.8 Å². The Bertz CT molecular complexity index is 484. The zero-order valence-corrected chi connectivity index (χ0v) is 11.2. The first-order valence-corrected chi connectivity index (χ1v) is 5.68. The van der Waals surface area contributed by atoms with Crippen molar-refractivity contribution in [2.75, 3.05) is 5.32 Å². The van der Waals surface area contributed by atoms with E-state index >= 15 is 0 Å². The Labute approximate surface area is 110 Å². The highest BCUT2D eigenvalue weighted by Crippen LogP contribution is 2.29. The molecule has 0 bridgehead atoms. The van der Waals surface area contributed by atoms with Gasteiger partial charge in [-0.3, -0.25) is 0 Å². The van der Waals surface area contributed by atoms with Crippen LogP contribution < -0.4 is 5.32 Å². The Morgan fingerprint density at radius 1 is 1.16 bits per heavy atom. The average molecular weight is 273 g/mol. The van der Waals surface area contributed by atoms with Gasteiger partial charge in [0.05, 0.1) is 16.7 Å². The fourth-order valence-electron chi connectivity index (χ4n) is 1.28. The zero-order valence-electron chi connectivity index (χ0n) is 11.2. The maximum absolute atomic E-state index is 13.7. The van der Waals surface area contributed by atoms with Gasteiger partial charge in [-0.2, -0.15) is 0 Å². The minimum atomic E-state index is -1.41. The highest BCUT2D eigenvalue weighted by molar-refractivity contribution is 5.88. The van der Waals surface area contributed by atoms with Gasteiger partial charge >= 0.3 is 5.97 Å². The molecule has 0 aliphatic heterocycles. The number of hydrogen-bond donors (Lipinski definition) is 3. The molecule has 6 heteroatoms. The van der Waals surface area contributed by atoms with Crippen LogP contribution in [0.2, 0.25) is 0 Å². The summed E-state index contributed by atoms with van der Waals surface area (Å²) >= 11 is 0. The molecule has 0 amide bonds. The fourth-order valence-corrected chi connectivity index (χ4v) is 1.28. The predicted molar refractivity (Wildman–Crippen MR) is 67.3 cm³/mol. The van der Waals surface area contributed by atoms with E-state index in [-0.39, 0.29) is 0 Å². The molecule has 0 atom stereocenters. The highest BCUT2D eigenvalue weighted by Gasteiger charge is 2.36. The van der Waals surface area contributed by atoms with E-state index in [1.54, 1.807) is 13.8 Å². The number of carboxylic acid groups (broad SMARTS) is 1. The largest absolute Gasteiger partial charge is 0.478 e. The van der Waals surface area contributed by atoms with Crippen molar-refractivity contribution < 1.29 is 23.8 Å². The lowest BCUT2D eigenvalue weighted by Crippen LogP contribution is -2.51. The molecule has 0 saturated heterocycles. The number of aromatic carboxylic acids is 1. The van der Waals surface area contributed by atoms with Gasteiger partial charge < -0.3 is 15.5 Å². The molecule has 0 aliphatic carbocycles. The van der Waals surface area contributed by atoms with Crippen LogP contribution in [0.3, 0.4) is 0 Å². The lowest BCUT2D eigenvalue weighted by atomic mass is 9.85. The van der Waals surface area contributed by atoms with E-state index in [0.29, 0.717) is 0 Å². The number of hydrogen-bond acceptors (Lipinski definition) is 3. The molecule has 0 unspecified atom stereocenters. The smallest absolute Gasteiger partial charge is 0.335 e. The molecular weight excluding hydrogens is 256 g/mol. The van der Waals surface area contributed by atoms with E-state index < -0.39 is 40.0 Å². The topological polar surface area (TPSA) is 69.6 Å². The van der Waals surface area contributed by atoms with Crippen LogP contribution in [0.25, 0.3) is 0 Å². The van der Waals surface area contributed by atoms with Crippen LogP contribution in [-0.4, -0.2) is 27.3 Å². The zero-order chi connectivity index (χ0) is 15.0. The van der Waals surface area contributed by atoms with Crippen molar-refractivity contribution in [1.29, 1.82) is 0 Å². The van der Waals surface area contributed by atoms with Crippen LogP contribution in [0, 0.1) is 11.6 Å². The Morgan fingerprint density at radius 2 is 1.58 bits per heavy atom. The summed E-state index contributed by atoms with van der Waals surface area (Å²) in [4.78, 5) is 10.7. The molecule has 1 aromatic carbocycles. The Hall–Kier alpha value is -1.69. The number of halogens is 2. The predicted octanol–water partition coefficient (Wildman–Crippen LogP) is 2.62. The summed E-state index contributed by atoms with van der Waals surface area (Å²) < 4.78 is 27.5. The molecule has 106 valence electrons. The maximum Gasteiger partial charge on any atom is 0.335 e. The van der Waals surface area contributed by atoms with E-state index in [0.717, 1.165) is 12.1 Å². The lowest BCUT2D eigenvalue weighted by Gasteiger charge is -2.39. The number of anilines is 1. The number of nitrogens with one attached hydrogen (secondary N) is 1. The quantitative estimate of drug-likeness (QED) is 0.788. The van der Waals surface area contributed by atoms with Crippen LogP contribution in [-0.2, 0) is 0 Å². The van der Waals surface area contributed by atoms with E-state index in [9.17, 15) is 18.7 Å². The Kier molecular flexibility index (Phi) is 3.86. The number of rotatable bonds is 4. The molecule has 0 heterocycles. The standard InChI is InChI=1S/C13H17F2NO3/c1-12(2,13(3,4)19)16-10-8(14)5-7(11(17)18)6-9(10)15/h5-6,16,19H,1-4H3,(H,17,18). The molecule has 0 aromatic heterocycles. The average Bonchev–Trinajstić information content (AvgIpc) is 2.21. The van der Waals surface area contributed by atoms with Crippen LogP contribution in [0.1, 0.15) is 38.1 Å². The van der Waals surface area contributed by atoms with Crippen molar-refractivity contribution in [1.82, 2.24) is 0 Å². The van der Waals surface area contributed by atoms with Gasteiger partial charge in [-0.15, -0.1) is 0 Å². The van der Waals surface area contributed by atoms with Crippen molar-refractivity contribution in [3.8, 4) is 0 Å². The summed E-state index contributed by atoms with van der Waals surface area (Å²) in [6.45, 7) is 6.16. The molecule has 19 heavy (non-hydrogen) atoms. The van der Waals surface area contributed by atoms with Crippen molar-refractivity contribution in [2.45, 2.75) is 38.8 Å². The molecule has 0 fully saturated rings. The first-order chi connectivity index (χ1) is 8.45. The minimum Gasteiger partial charge on any atom is -0.478 e. The molecule has 4 nitrogen and oxygen atoms in total. The summed E-state index contributed by atoms with van der Waals surface area (Å²) in [7, 11) is 0. The van der Waals surface area contributed by atoms with Crippen LogP contribution in [0.15, 0.2) is 12.1 Å². The number of benzene rings is 1. The van der Waals surface area contributed by atoms with Crippen LogP contribution in [0.5, 0.6) is 0 Å². The molecule has 0 aliphatic rings. The Balaban J connectivity index is 3.20. The van der Waals surface area contributed by atoms with Crippen molar-refractivity contribution in [2.24, 2.45) is 0 Å². The normalized spacial score (nSPS) is 12.4. The van der Waals surface area contributed by atoms with Gasteiger partial charge in [0, 0.05) is 0 Å². The van der Waals surface area contributed by atoms with Crippen LogP contribution >= 0.6 is 0 Å². The number of aliphatic hydroxyl groups is 1. The monoisotopic (exact) mass is 273 g/mol. The van der Waals surface area contributed by atoms with E-state index in [4.69, 9.17) is 5.11 Å². The molecule has 0 radical (unpaired) electrons. The van der Waals surface area contributed by atoms with Gasteiger partial charge in [-0.25, -0.2) is 13.6 Å². The third-order valence-electron chi connectivity index (χ3n) is 3.26. The second kappa shape index (κ2) is 4.77. The van der Waals surface area contributed by atoms with Gasteiger partial charge in [0.25, 0.3) is 0 Å². The van der Waals surface area contributed by atoms with E-state index in [1.807, 2.05) is 0 Å². The van der Waals surface area contributed by atoms with E-state index in [2.05, 4.69) is 5.32 Å². The second-order valence-corrected chi connectivity index (χ2v) is 5.43. The minimum absolute atomic E-state index is 0.461. The Morgan fingerprint density at radius 3 is 1.89 bits per heavy atom. The van der Waals surface area contributed by atoms with Crippen molar-refractivity contribution >= 4 is 11.7 Å². The maximum atomic E-state index is 13.7. The first-order valence-electron chi connectivity index (χ1n) is 5.68. The fraction of sp³-hybridized carbons (Fsp3) is 0.462. The molecule has 1 aromatic rings. The molecule has 0 saturated carbocycles. The first kappa shape index (κ1) is 15.4. The molecule has 1 rings (SSSR count). The summed E-state index contributed by atoms with van der Waals surface area (Å²) in [6, 6.07) is 1.46. The number of carbonyl (C=O) groups is 1. The van der Waals surface area contributed by atoms with Gasteiger partial charge in [0.15, 0.2) is 0 Å². The lowest BCUT2D eigenvalue weighted by molar-refractivity contribution is 0.0237. The summed E-state index contributed by atoms with van der Waals surface area (Å²) in [5.41, 5.74) is -3.18. The third-order valence-corrected chi connectivity index (χ3v) is 3.26. The molecule has 0 spiro atoms. The molecule has 3 N–H and O–H groups in total. The SMILES string of the molecule is CC(C)(O)C(C)(C)Nc1c(F)cc(C(=O)O)cc1F. The van der Waals surface area contributed by atoms with E-state index in [1.165, 1.54) is 13.8 Å². The highest BCUT2D eigenvalue weighted by atomic mass is 19.1. The van der Waals surface area contributed by atoms with Crippen molar-refractivity contribution in [3.63, 3.8) is 0 Å². The van der Waals surface area contributed by atoms with Gasteiger partial charge in [0.1, 0.15) is 17.3 Å². The summed E-state index contributed by atoms with van der Waals surface area (Å²) in [6.07, 6.45) is 0. The third kappa shape index (κ3) is 3.20. The number of carboxylic acids is 1. The van der Waals surface area contributed by atoms with Gasteiger partial charge in [0.2, 0.25) is 0 Å². The van der Waals surface area contributed by atoms with Crippen molar-refractivity contribution in [3.05, 3.63) is 29.3 Å². The molecular formula is C13H17F2NO3. The van der Waals surface area contributed by atoms with Crippen LogP contribution in [0.4, 0.5) is 14.5 Å². The summed E-state index contributed by atoms with van der Waals surface area (Å²) in [5.74, 6) is -3.45. The second-order valence-electron chi connectivity index (χ2n) is 5.43. The summed E-state index contributed by atoms with van der Waals surface area (Å²) in [5, 5.41) is 21.2.